The van der Waals surface area contributed by atoms with Crippen molar-refractivity contribution in [3.63, 3.8) is 0 Å². The number of ether oxygens (including phenoxy) is 1. The molecule has 0 amide bonds. The van der Waals surface area contributed by atoms with Crippen LogP contribution in [0, 0.1) is 11.9 Å². The van der Waals surface area contributed by atoms with E-state index >= 15 is 0 Å². The van der Waals surface area contributed by atoms with E-state index in [1.807, 2.05) is 12.1 Å². The fraction of sp³-hybridized carbons (Fsp3) is 0.200. The Morgan fingerprint density at radius 1 is 1.22 bits per heavy atom. The van der Waals surface area contributed by atoms with Gasteiger partial charge in [0.15, 0.2) is 0 Å². The maximum Gasteiger partial charge on any atom is 0.128 e. The van der Waals surface area contributed by atoms with Crippen molar-refractivity contribution >= 4 is 0 Å². The molecule has 0 unspecified atom stereocenters. The summed E-state index contributed by atoms with van der Waals surface area (Å²) >= 11 is 0. The molecule has 1 aromatic carbocycles. The smallest absolute Gasteiger partial charge is 0.128 e. The second-order valence-electron chi connectivity index (χ2n) is 4.00. The molecule has 3 heteroatoms. The maximum absolute atomic E-state index is 12.8. The Bertz CT molecular complexity index is 470. The van der Waals surface area contributed by atoms with Crippen molar-refractivity contribution in [3.05, 3.63) is 71.8 Å². The van der Waals surface area contributed by atoms with Crippen molar-refractivity contribution in [2.45, 2.75) is 12.8 Å². The van der Waals surface area contributed by atoms with E-state index in [1.54, 1.807) is 31.6 Å². The Kier molecular flexibility index (Phi) is 4.42. The van der Waals surface area contributed by atoms with Crippen LogP contribution in [0.4, 0.5) is 4.39 Å². The summed E-state index contributed by atoms with van der Waals surface area (Å²) in [4.78, 5) is 4.07. The summed E-state index contributed by atoms with van der Waals surface area (Å²) in [6.07, 6.45) is 6.00. The minimum Gasteiger partial charge on any atom is -0.370 e. The molecule has 0 spiro atoms. The molecule has 0 bridgehead atoms. The first-order valence-corrected chi connectivity index (χ1v) is 5.84. The number of aromatic nitrogens is 1. The molecule has 0 atom stereocenters. The SMILES string of the molecule is CO[C](CCc1ccc(F)cc1)c1cccnc1. The van der Waals surface area contributed by atoms with E-state index in [2.05, 4.69) is 4.98 Å². The Balaban J connectivity index is 1.97. The van der Waals surface area contributed by atoms with E-state index in [-0.39, 0.29) is 5.82 Å². The summed E-state index contributed by atoms with van der Waals surface area (Å²) in [7, 11) is 1.66. The first-order chi connectivity index (χ1) is 8.79. The van der Waals surface area contributed by atoms with E-state index < -0.39 is 0 Å². The van der Waals surface area contributed by atoms with Crippen molar-refractivity contribution in [1.82, 2.24) is 4.98 Å². The van der Waals surface area contributed by atoms with Gasteiger partial charge in [-0.25, -0.2) is 4.39 Å². The number of benzene rings is 1. The van der Waals surface area contributed by atoms with Crippen molar-refractivity contribution in [2.75, 3.05) is 7.11 Å². The second-order valence-corrected chi connectivity index (χ2v) is 4.00. The summed E-state index contributed by atoms with van der Waals surface area (Å²) in [6, 6.07) is 10.4. The van der Waals surface area contributed by atoms with E-state index in [9.17, 15) is 4.39 Å². The van der Waals surface area contributed by atoms with Gasteiger partial charge in [0, 0.05) is 25.1 Å². The number of nitrogens with zero attached hydrogens (tertiary/aromatic N) is 1. The number of hydrogen-bond acceptors (Lipinski definition) is 2. The van der Waals surface area contributed by atoms with Crippen molar-refractivity contribution < 1.29 is 9.13 Å². The number of aryl methyl sites for hydroxylation is 1. The van der Waals surface area contributed by atoms with E-state index in [1.165, 1.54) is 12.1 Å². The third-order valence-corrected chi connectivity index (χ3v) is 2.78. The lowest BCUT2D eigenvalue weighted by Crippen LogP contribution is -2.04. The molecule has 0 fully saturated rings. The van der Waals surface area contributed by atoms with Gasteiger partial charge in [-0.15, -0.1) is 0 Å². The van der Waals surface area contributed by atoms with Crippen LogP contribution in [-0.2, 0) is 11.2 Å². The minimum atomic E-state index is -0.207. The predicted octanol–water partition coefficient (Wildman–Crippen LogP) is 3.38. The molecule has 2 rings (SSSR count). The maximum atomic E-state index is 12.8. The van der Waals surface area contributed by atoms with E-state index in [0.717, 1.165) is 30.1 Å². The molecule has 0 aliphatic heterocycles. The monoisotopic (exact) mass is 244 g/mol. The van der Waals surface area contributed by atoms with Gasteiger partial charge in [0.2, 0.25) is 0 Å². The van der Waals surface area contributed by atoms with Gasteiger partial charge in [-0.05, 0) is 36.6 Å². The Labute approximate surface area is 106 Å². The summed E-state index contributed by atoms with van der Waals surface area (Å²) in [6.45, 7) is 0. The lowest BCUT2D eigenvalue weighted by molar-refractivity contribution is 0.217. The van der Waals surface area contributed by atoms with Crippen LogP contribution in [-0.4, -0.2) is 12.1 Å². The van der Waals surface area contributed by atoms with Crippen LogP contribution in [0.25, 0.3) is 0 Å². The lowest BCUT2D eigenvalue weighted by Gasteiger charge is -2.13. The van der Waals surface area contributed by atoms with E-state index in [4.69, 9.17) is 4.74 Å². The fourth-order valence-electron chi connectivity index (χ4n) is 1.80. The average molecular weight is 244 g/mol. The van der Waals surface area contributed by atoms with Gasteiger partial charge in [0.25, 0.3) is 0 Å². The molecule has 0 aliphatic carbocycles. The fourth-order valence-corrected chi connectivity index (χ4v) is 1.80. The van der Waals surface area contributed by atoms with Crippen LogP contribution < -0.4 is 0 Å². The highest BCUT2D eigenvalue weighted by molar-refractivity contribution is 5.25. The molecule has 93 valence electrons. The standard InChI is InChI=1S/C15H15FNO/c1-18-15(13-3-2-10-17-11-13)9-6-12-4-7-14(16)8-5-12/h2-5,7-8,10-11H,6,9H2,1H3. The summed E-state index contributed by atoms with van der Waals surface area (Å²) in [5, 5.41) is 0. The number of halogens is 1. The summed E-state index contributed by atoms with van der Waals surface area (Å²) in [5.41, 5.74) is 2.08. The van der Waals surface area contributed by atoms with Crippen LogP contribution in [0.2, 0.25) is 0 Å². The second kappa shape index (κ2) is 6.26. The minimum absolute atomic E-state index is 0.207. The molecule has 0 aliphatic rings. The quantitative estimate of drug-likeness (QED) is 0.804. The first-order valence-electron chi connectivity index (χ1n) is 5.84. The zero-order valence-electron chi connectivity index (χ0n) is 10.3. The third kappa shape index (κ3) is 3.37. The lowest BCUT2D eigenvalue weighted by atomic mass is 10.0. The van der Waals surface area contributed by atoms with E-state index in [0.29, 0.717) is 0 Å². The molecule has 1 radical (unpaired) electrons. The van der Waals surface area contributed by atoms with Crippen molar-refractivity contribution in [2.24, 2.45) is 0 Å². The topological polar surface area (TPSA) is 22.1 Å². The van der Waals surface area contributed by atoms with Crippen LogP contribution in [0.3, 0.4) is 0 Å². The van der Waals surface area contributed by atoms with Gasteiger partial charge in [0.1, 0.15) is 11.9 Å². The van der Waals surface area contributed by atoms with Gasteiger partial charge in [0.05, 0.1) is 0 Å². The predicted molar refractivity (Wildman–Crippen MR) is 68.3 cm³/mol. The van der Waals surface area contributed by atoms with Gasteiger partial charge >= 0.3 is 0 Å². The molecule has 2 nitrogen and oxygen atoms in total. The van der Waals surface area contributed by atoms with Gasteiger partial charge in [-0.3, -0.25) is 4.98 Å². The van der Waals surface area contributed by atoms with Crippen LogP contribution >= 0.6 is 0 Å². The van der Waals surface area contributed by atoms with Crippen LogP contribution in [0.5, 0.6) is 0 Å². The zero-order valence-corrected chi connectivity index (χ0v) is 10.3. The number of pyridine rings is 1. The van der Waals surface area contributed by atoms with Crippen molar-refractivity contribution in [3.8, 4) is 0 Å². The molecule has 18 heavy (non-hydrogen) atoms. The molecular weight excluding hydrogens is 229 g/mol. The first kappa shape index (κ1) is 12.7. The highest BCUT2D eigenvalue weighted by atomic mass is 19.1. The number of rotatable bonds is 5. The Hall–Kier alpha value is -1.74. The Morgan fingerprint density at radius 2 is 2.00 bits per heavy atom. The molecular formula is C15H15FNO. The number of methoxy groups -OCH3 is 1. The molecule has 1 aromatic heterocycles. The largest absolute Gasteiger partial charge is 0.370 e. The highest BCUT2D eigenvalue weighted by Crippen LogP contribution is 2.20. The number of hydrogen-bond donors (Lipinski definition) is 0. The molecule has 1 heterocycles. The molecule has 2 aromatic rings. The molecule has 0 saturated carbocycles. The average Bonchev–Trinajstić information content (AvgIpc) is 2.43. The van der Waals surface area contributed by atoms with Gasteiger partial charge < -0.3 is 4.74 Å². The van der Waals surface area contributed by atoms with Crippen LogP contribution in [0.15, 0.2) is 48.8 Å². The molecule has 0 N–H and O–H groups in total. The summed E-state index contributed by atoms with van der Waals surface area (Å²) < 4.78 is 18.2. The summed E-state index contributed by atoms with van der Waals surface area (Å²) in [5.74, 6) is -0.207. The normalized spacial score (nSPS) is 10.8. The van der Waals surface area contributed by atoms with Crippen molar-refractivity contribution in [1.29, 1.82) is 0 Å². The molecule has 0 saturated heterocycles. The van der Waals surface area contributed by atoms with Gasteiger partial charge in [-0.1, -0.05) is 18.2 Å². The highest BCUT2D eigenvalue weighted by Gasteiger charge is 2.11. The zero-order chi connectivity index (χ0) is 12.8. The van der Waals surface area contributed by atoms with Crippen LogP contribution in [0.1, 0.15) is 17.5 Å². The van der Waals surface area contributed by atoms with Gasteiger partial charge in [-0.2, -0.15) is 0 Å². The third-order valence-electron chi connectivity index (χ3n) is 2.78. The Morgan fingerprint density at radius 3 is 2.61 bits per heavy atom.